The molecule has 0 aliphatic carbocycles. The minimum Gasteiger partial charge on any atom is -0.326 e. The number of amides is 2. The molecule has 2 rings (SSSR count). The summed E-state index contributed by atoms with van der Waals surface area (Å²) in [6.45, 7) is 4.76. The second-order valence-corrected chi connectivity index (χ2v) is 4.54. The lowest BCUT2D eigenvalue weighted by molar-refractivity contribution is -0.385. The van der Waals surface area contributed by atoms with Gasteiger partial charge in [-0.15, -0.1) is 0 Å². The maximum absolute atomic E-state index is 11.9. The summed E-state index contributed by atoms with van der Waals surface area (Å²) in [5.41, 5.74) is 2.17. The molecule has 0 saturated carbocycles. The summed E-state index contributed by atoms with van der Waals surface area (Å²) in [5, 5.41) is 10.9. The second-order valence-electron chi connectivity index (χ2n) is 4.54. The molecule has 1 fully saturated rings. The third-order valence-corrected chi connectivity index (χ3v) is 3.22. The summed E-state index contributed by atoms with van der Waals surface area (Å²) in [6, 6.07) is 3.12. The van der Waals surface area contributed by atoms with E-state index in [9.17, 15) is 14.9 Å². The van der Waals surface area contributed by atoms with Gasteiger partial charge in [-0.05, 0) is 25.5 Å². The van der Waals surface area contributed by atoms with Crippen LogP contribution in [0.4, 0.5) is 16.2 Å². The molecule has 2 amide bonds. The standard InChI is InChI=1S/C12H15N3O3/c1-8-6-9(2)11(15(17)18)7-10(8)14-5-4-13(3)12(14)16/h6-7H,4-5H2,1-3H3. The van der Waals surface area contributed by atoms with Crippen LogP contribution in [-0.2, 0) is 0 Å². The van der Waals surface area contributed by atoms with E-state index in [1.807, 2.05) is 6.92 Å². The Balaban J connectivity index is 2.48. The van der Waals surface area contributed by atoms with Crippen molar-refractivity contribution in [2.75, 3.05) is 25.0 Å². The number of hydrogen-bond acceptors (Lipinski definition) is 3. The van der Waals surface area contributed by atoms with Gasteiger partial charge in [-0.1, -0.05) is 0 Å². The van der Waals surface area contributed by atoms with E-state index in [1.54, 1.807) is 29.8 Å². The minimum absolute atomic E-state index is 0.0537. The Labute approximate surface area is 105 Å². The third kappa shape index (κ3) is 1.90. The summed E-state index contributed by atoms with van der Waals surface area (Å²) in [5.74, 6) is 0. The smallest absolute Gasteiger partial charge is 0.324 e. The molecule has 0 spiro atoms. The predicted octanol–water partition coefficient (Wildman–Crippen LogP) is 2.08. The Morgan fingerprint density at radius 1 is 1.22 bits per heavy atom. The lowest BCUT2D eigenvalue weighted by Gasteiger charge is -2.18. The van der Waals surface area contributed by atoms with Crippen LogP contribution in [0.25, 0.3) is 0 Å². The number of benzene rings is 1. The fourth-order valence-electron chi connectivity index (χ4n) is 2.19. The summed E-state index contributed by atoms with van der Waals surface area (Å²) >= 11 is 0. The van der Waals surface area contributed by atoms with Crippen molar-refractivity contribution in [3.63, 3.8) is 0 Å². The molecular formula is C12H15N3O3. The number of rotatable bonds is 2. The van der Waals surface area contributed by atoms with Gasteiger partial charge in [0.25, 0.3) is 5.69 Å². The summed E-state index contributed by atoms with van der Waals surface area (Å²) in [4.78, 5) is 25.6. The summed E-state index contributed by atoms with van der Waals surface area (Å²) in [7, 11) is 1.72. The maximum atomic E-state index is 11.9. The lowest BCUT2D eigenvalue weighted by Crippen LogP contribution is -2.29. The molecule has 1 aliphatic heterocycles. The lowest BCUT2D eigenvalue weighted by atomic mass is 10.1. The fourth-order valence-corrected chi connectivity index (χ4v) is 2.19. The van der Waals surface area contributed by atoms with E-state index in [0.717, 1.165) is 5.56 Å². The van der Waals surface area contributed by atoms with Crippen LogP contribution in [0, 0.1) is 24.0 Å². The van der Waals surface area contributed by atoms with E-state index in [4.69, 9.17) is 0 Å². The molecule has 0 bridgehead atoms. The fraction of sp³-hybridized carbons (Fsp3) is 0.417. The number of hydrogen-bond donors (Lipinski definition) is 0. The second kappa shape index (κ2) is 4.29. The first kappa shape index (κ1) is 12.3. The quantitative estimate of drug-likeness (QED) is 0.595. The van der Waals surface area contributed by atoms with Crippen molar-refractivity contribution in [2.24, 2.45) is 0 Å². The predicted molar refractivity (Wildman–Crippen MR) is 67.9 cm³/mol. The number of nitro benzene ring substituents is 1. The molecule has 1 heterocycles. The number of carbonyl (C=O) groups excluding carboxylic acids is 1. The number of likely N-dealkylation sites (N-methyl/N-ethyl adjacent to an activating group) is 1. The van der Waals surface area contributed by atoms with Gasteiger partial charge in [-0.3, -0.25) is 15.0 Å². The summed E-state index contributed by atoms with van der Waals surface area (Å²) in [6.07, 6.45) is 0. The number of anilines is 1. The van der Waals surface area contributed by atoms with E-state index in [2.05, 4.69) is 0 Å². The van der Waals surface area contributed by atoms with Crippen LogP contribution in [0.1, 0.15) is 11.1 Å². The Hall–Kier alpha value is -2.11. The van der Waals surface area contributed by atoms with Crippen LogP contribution in [0.5, 0.6) is 0 Å². The molecule has 18 heavy (non-hydrogen) atoms. The monoisotopic (exact) mass is 249 g/mol. The average molecular weight is 249 g/mol. The van der Waals surface area contributed by atoms with Gasteiger partial charge in [0.15, 0.2) is 0 Å². The first-order chi connectivity index (χ1) is 8.41. The zero-order valence-corrected chi connectivity index (χ0v) is 10.6. The van der Waals surface area contributed by atoms with E-state index in [-0.39, 0.29) is 11.7 Å². The van der Waals surface area contributed by atoms with Crippen LogP contribution in [0.15, 0.2) is 12.1 Å². The number of nitro groups is 1. The van der Waals surface area contributed by atoms with Crippen LogP contribution in [0.2, 0.25) is 0 Å². The summed E-state index contributed by atoms with van der Waals surface area (Å²) < 4.78 is 0. The Bertz CT molecular complexity index is 528. The third-order valence-electron chi connectivity index (χ3n) is 3.22. The van der Waals surface area contributed by atoms with E-state index in [1.165, 1.54) is 6.07 Å². The molecule has 1 aromatic rings. The van der Waals surface area contributed by atoms with Crippen molar-refractivity contribution >= 4 is 17.4 Å². The van der Waals surface area contributed by atoms with Crippen molar-refractivity contribution in [1.82, 2.24) is 4.90 Å². The van der Waals surface area contributed by atoms with Gasteiger partial charge >= 0.3 is 6.03 Å². The first-order valence-electron chi connectivity index (χ1n) is 5.70. The molecule has 6 nitrogen and oxygen atoms in total. The molecule has 1 aromatic carbocycles. The van der Waals surface area contributed by atoms with E-state index >= 15 is 0 Å². The molecule has 0 aromatic heterocycles. The SMILES string of the molecule is Cc1cc(C)c([N+](=O)[O-])cc1N1CCN(C)C1=O. The zero-order valence-electron chi connectivity index (χ0n) is 10.6. The van der Waals surface area contributed by atoms with Gasteiger partial charge in [-0.2, -0.15) is 0 Å². The Morgan fingerprint density at radius 2 is 1.89 bits per heavy atom. The minimum atomic E-state index is -0.414. The van der Waals surface area contributed by atoms with Gasteiger partial charge in [0.1, 0.15) is 0 Å². The van der Waals surface area contributed by atoms with E-state index < -0.39 is 4.92 Å². The van der Waals surface area contributed by atoms with Crippen molar-refractivity contribution in [2.45, 2.75) is 13.8 Å². The zero-order chi connectivity index (χ0) is 13.4. The molecule has 6 heteroatoms. The number of nitrogens with zero attached hydrogens (tertiary/aromatic N) is 3. The van der Waals surface area contributed by atoms with E-state index in [0.29, 0.717) is 24.3 Å². The largest absolute Gasteiger partial charge is 0.326 e. The van der Waals surface area contributed by atoms with Crippen molar-refractivity contribution < 1.29 is 9.72 Å². The first-order valence-corrected chi connectivity index (χ1v) is 5.70. The van der Waals surface area contributed by atoms with Gasteiger partial charge in [0, 0.05) is 31.8 Å². The van der Waals surface area contributed by atoms with Crippen molar-refractivity contribution in [3.05, 3.63) is 33.4 Å². The highest BCUT2D eigenvalue weighted by Crippen LogP contribution is 2.30. The number of urea groups is 1. The van der Waals surface area contributed by atoms with Crippen LogP contribution >= 0.6 is 0 Å². The van der Waals surface area contributed by atoms with Gasteiger partial charge in [-0.25, -0.2) is 4.79 Å². The molecule has 1 saturated heterocycles. The topological polar surface area (TPSA) is 66.7 Å². The van der Waals surface area contributed by atoms with Crippen molar-refractivity contribution in [3.8, 4) is 0 Å². The van der Waals surface area contributed by atoms with Crippen LogP contribution in [0.3, 0.4) is 0 Å². The number of aryl methyl sites for hydroxylation is 2. The Morgan fingerprint density at radius 3 is 2.39 bits per heavy atom. The van der Waals surface area contributed by atoms with Crippen LogP contribution in [-0.4, -0.2) is 36.0 Å². The maximum Gasteiger partial charge on any atom is 0.324 e. The molecule has 0 unspecified atom stereocenters. The highest BCUT2D eigenvalue weighted by atomic mass is 16.6. The molecule has 1 aliphatic rings. The highest BCUT2D eigenvalue weighted by Gasteiger charge is 2.29. The highest BCUT2D eigenvalue weighted by molar-refractivity contribution is 5.95. The molecule has 0 radical (unpaired) electrons. The van der Waals surface area contributed by atoms with Gasteiger partial charge in [0.05, 0.1) is 10.6 Å². The number of carbonyl (C=O) groups is 1. The molecular weight excluding hydrogens is 234 g/mol. The van der Waals surface area contributed by atoms with Gasteiger partial charge in [0.2, 0.25) is 0 Å². The molecule has 0 atom stereocenters. The molecule has 96 valence electrons. The Kier molecular flexibility index (Phi) is 2.94. The van der Waals surface area contributed by atoms with Gasteiger partial charge < -0.3 is 4.90 Å². The normalized spacial score (nSPS) is 15.4. The molecule has 0 N–H and O–H groups in total. The average Bonchev–Trinajstić information content (AvgIpc) is 2.60. The van der Waals surface area contributed by atoms with Crippen LogP contribution < -0.4 is 4.90 Å². The van der Waals surface area contributed by atoms with Crippen molar-refractivity contribution in [1.29, 1.82) is 0 Å².